The summed E-state index contributed by atoms with van der Waals surface area (Å²) in [4.78, 5) is 20.3. The topological polar surface area (TPSA) is 33.2 Å². The van der Waals surface area contributed by atoms with Crippen LogP contribution in [0.1, 0.15) is 27.2 Å². The van der Waals surface area contributed by atoms with Crippen molar-refractivity contribution in [1.29, 1.82) is 0 Å². The van der Waals surface area contributed by atoms with Crippen molar-refractivity contribution in [3.05, 3.63) is 76.1 Å². The smallest absolute Gasteiger partial charge is 0.266 e. The second kappa shape index (κ2) is 7.41. The molecule has 0 aliphatic rings. The van der Waals surface area contributed by atoms with E-state index in [1.54, 1.807) is 0 Å². The van der Waals surface area contributed by atoms with Gasteiger partial charge in [0.25, 0.3) is 5.91 Å². The molecule has 122 valence electrons. The zero-order chi connectivity index (χ0) is 16.9. The van der Waals surface area contributed by atoms with Gasteiger partial charge in [0, 0.05) is 18.7 Å². The summed E-state index contributed by atoms with van der Waals surface area (Å²) < 4.78 is 0. The van der Waals surface area contributed by atoms with Crippen molar-refractivity contribution in [3.8, 4) is 11.3 Å². The third-order valence-electron chi connectivity index (χ3n) is 3.86. The maximum absolute atomic E-state index is 13.1. The molecule has 3 rings (SSSR count). The normalized spacial score (nSPS) is 10.6. The number of carbonyl (C=O) groups excluding carboxylic acids is 1. The summed E-state index contributed by atoms with van der Waals surface area (Å²) in [7, 11) is 0. The van der Waals surface area contributed by atoms with E-state index < -0.39 is 0 Å². The van der Waals surface area contributed by atoms with E-state index in [4.69, 9.17) is 0 Å². The van der Waals surface area contributed by atoms with Crippen LogP contribution in [0.4, 0.5) is 0 Å². The summed E-state index contributed by atoms with van der Waals surface area (Å²) >= 11 is 1.47. The zero-order valence-corrected chi connectivity index (χ0v) is 14.7. The monoisotopic (exact) mass is 336 g/mol. The molecule has 1 heterocycles. The lowest BCUT2D eigenvalue weighted by Crippen LogP contribution is -2.30. The van der Waals surface area contributed by atoms with Gasteiger partial charge in [-0.05, 0) is 19.4 Å². The van der Waals surface area contributed by atoms with Crippen LogP contribution in [-0.4, -0.2) is 22.3 Å². The molecule has 0 unspecified atom stereocenters. The minimum atomic E-state index is 0.0470. The minimum Gasteiger partial charge on any atom is -0.334 e. The molecule has 0 atom stereocenters. The van der Waals surface area contributed by atoms with Gasteiger partial charge in [-0.3, -0.25) is 4.79 Å². The fourth-order valence-electron chi connectivity index (χ4n) is 2.64. The van der Waals surface area contributed by atoms with Crippen molar-refractivity contribution in [1.82, 2.24) is 9.88 Å². The van der Waals surface area contributed by atoms with Crippen LogP contribution in [0.2, 0.25) is 0 Å². The molecule has 0 spiro atoms. The van der Waals surface area contributed by atoms with Crippen LogP contribution in [0.25, 0.3) is 11.3 Å². The highest BCUT2D eigenvalue weighted by atomic mass is 32.1. The van der Waals surface area contributed by atoms with Gasteiger partial charge in [-0.25, -0.2) is 4.98 Å². The third kappa shape index (κ3) is 3.54. The van der Waals surface area contributed by atoms with E-state index in [0.717, 1.165) is 26.7 Å². The fourth-order valence-corrected chi connectivity index (χ4v) is 3.55. The first-order valence-corrected chi connectivity index (χ1v) is 8.86. The number of benzene rings is 2. The molecule has 0 fully saturated rings. The standard InChI is InChI=1S/C20H20N2OS/c1-3-22(14-16-10-6-4-7-11-16)20(23)19-18(21-15(2)24-19)17-12-8-5-9-13-17/h4-13H,3,14H2,1-2H3. The van der Waals surface area contributed by atoms with Crippen molar-refractivity contribution >= 4 is 17.2 Å². The van der Waals surface area contributed by atoms with Crippen molar-refractivity contribution in [2.75, 3.05) is 6.54 Å². The second-order valence-corrected chi connectivity index (χ2v) is 6.78. The molecule has 1 aromatic heterocycles. The van der Waals surface area contributed by atoms with Gasteiger partial charge < -0.3 is 4.90 Å². The SMILES string of the molecule is CCN(Cc1ccccc1)C(=O)c1sc(C)nc1-c1ccccc1. The minimum absolute atomic E-state index is 0.0470. The molecular formula is C20H20N2OS. The first-order chi connectivity index (χ1) is 11.7. The maximum Gasteiger partial charge on any atom is 0.266 e. The Balaban J connectivity index is 1.91. The molecule has 3 nitrogen and oxygen atoms in total. The molecule has 0 aliphatic heterocycles. The van der Waals surface area contributed by atoms with Crippen LogP contribution in [0.3, 0.4) is 0 Å². The number of nitrogens with zero attached hydrogens (tertiary/aromatic N) is 2. The van der Waals surface area contributed by atoms with Gasteiger partial charge >= 0.3 is 0 Å². The number of thiazole rings is 1. The number of aryl methyl sites for hydroxylation is 1. The van der Waals surface area contributed by atoms with Gasteiger partial charge in [0.15, 0.2) is 0 Å². The number of hydrogen-bond acceptors (Lipinski definition) is 3. The van der Waals surface area contributed by atoms with Gasteiger partial charge in [-0.1, -0.05) is 60.7 Å². The van der Waals surface area contributed by atoms with Crippen LogP contribution in [-0.2, 0) is 6.54 Å². The average molecular weight is 336 g/mol. The molecule has 0 bridgehead atoms. The molecule has 1 amide bonds. The predicted molar refractivity (Wildman–Crippen MR) is 99.1 cm³/mol. The summed E-state index contributed by atoms with van der Waals surface area (Å²) in [5.41, 5.74) is 2.91. The van der Waals surface area contributed by atoms with E-state index in [1.165, 1.54) is 11.3 Å². The number of amides is 1. The zero-order valence-electron chi connectivity index (χ0n) is 13.9. The number of aromatic nitrogens is 1. The van der Waals surface area contributed by atoms with Gasteiger partial charge in [0.2, 0.25) is 0 Å². The predicted octanol–water partition coefficient (Wildman–Crippen LogP) is 4.78. The molecule has 0 saturated carbocycles. The summed E-state index contributed by atoms with van der Waals surface area (Å²) in [5.74, 6) is 0.0470. The molecule has 0 radical (unpaired) electrons. The van der Waals surface area contributed by atoms with E-state index in [0.29, 0.717) is 13.1 Å². The Bertz CT molecular complexity index is 812. The van der Waals surface area contributed by atoms with E-state index in [1.807, 2.05) is 79.4 Å². The lowest BCUT2D eigenvalue weighted by atomic mass is 10.1. The fraction of sp³-hybridized carbons (Fsp3) is 0.200. The summed E-state index contributed by atoms with van der Waals surface area (Å²) in [6, 6.07) is 20.0. The molecule has 0 N–H and O–H groups in total. The lowest BCUT2D eigenvalue weighted by molar-refractivity contribution is 0.0758. The Morgan fingerprint density at radius 2 is 1.67 bits per heavy atom. The Hall–Kier alpha value is -2.46. The average Bonchev–Trinajstić information content (AvgIpc) is 3.02. The Morgan fingerprint density at radius 3 is 2.29 bits per heavy atom. The number of carbonyl (C=O) groups is 1. The largest absolute Gasteiger partial charge is 0.334 e. The van der Waals surface area contributed by atoms with E-state index in [2.05, 4.69) is 4.98 Å². The van der Waals surface area contributed by atoms with E-state index >= 15 is 0 Å². The van der Waals surface area contributed by atoms with Crippen LogP contribution >= 0.6 is 11.3 Å². The Labute approximate surface area is 146 Å². The highest BCUT2D eigenvalue weighted by Crippen LogP contribution is 2.29. The number of rotatable bonds is 5. The van der Waals surface area contributed by atoms with Crippen LogP contribution < -0.4 is 0 Å². The van der Waals surface area contributed by atoms with Gasteiger partial charge in [0.1, 0.15) is 4.88 Å². The molecule has 2 aromatic carbocycles. The Morgan fingerprint density at radius 1 is 1.04 bits per heavy atom. The van der Waals surface area contributed by atoms with Gasteiger partial charge in [0.05, 0.1) is 10.7 Å². The van der Waals surface area contributed by atoms with Crippen molar-refractivity contribution < 1.29 is 4.79 Å². The quantitative estimate of drug-likeness (QED) is 0.672. The first-order valence-electron chi connectivity index (χ1n) is 8.05. The van der Waals surface area contributed by atoms with E-state index in [-0.39, 0.29) is 5.91 Å². The summed E-state index contributed by atoms with van der Waals surface area (Å²) in [6.45, 7) is 5.23. The second-order valence-electron chi connectivity index (χ2n) is 5.58. The van der Waals surface area contributed by atoms with Crippen molar-refractivity contribution in [3.63, 3.8) is 0 Å². The Kier molecular flexibility index (Phi) is 5.06. The van der Waals surface area contributed by atoms with Crippen LogP contribution in [0.15, 0.2) is 60.7 Å². The lowest BCUT2D eigenvalue weighted by Gasteiger charge is -2.20. The summed E-state index contributed by atoms with van der Waals surface area (Å²) in [5, 5.41) is 0.910. The molecule has 3 aromatic rings. The molecule has 0 saturated heterocycles. The molecular weight excluding hydrogens is 316 g/mol. The third-order valence-corrected chi connectivity index (χ3v) is 4.82. The highest BCUT2D eigenvalue weighted by molar-refractivity contribution is 7.14. The van der Waals surface area contributed by atoms with Gasteiger partial charge in [-0.2, -0.15) is 0 Å². The van der Waals surface area contributed by atoms with Gasteiger partial charge in [-0.15, -0.1) is 11.3 Å². The van der Waals surface area contributed by atoms with E-state index in [9.17, 15) is 4.79 Å². The molecule has 4 heteroatoms. The highest BCUT2D eigenvalue weighted by Gasteiger charge is 2.22. The van der Waals surface area contributed by atoms with Crippen LogP contribution in [0.5, 0.6) is 0 Å². The first kappa shape index (κ1) is 16.4. The van der Waals surface area contributed by atoms with Crippen molar-refractivity contribution in [2.45, 2.75) is 20.4 Å². The molecule has 24 heavy (non-hydrogen) atoms. The number of hydrogen-bond donors (Lipinski definition) is 0. The summed E-state index contributed by atoms with van der Waals surface area (Å²) in [6.07, 6.45) is 0. The van der Waals surface area contributed by atoms with Crippen LogP contribution in [0, 0.1) is 6.92 Å². The van der Waals surface area contributed by atoms with Crippen molar-refractivity contribution in [2.24, 2.45) is 0 Å². The maximum atomic E-state index is 13.1. The molecule has 0 aliphatic carbocycles.